The lowest BCUT2D eigenvalue weighted by Gasteiger charge is -2.45. The molecule has 0 spiro atoms. The standard InChI is InChI=1S/C38H42N2O2/c1-27(2)34-18-19-38(3,31-15-17-37-30(21-31)24-40(26-42-37)33-12-8-5-9-13-33)22-35(34)28-14-16-36-29(20-28)23-39(25-41-36)32-10-6-4-7-11-32/h4-17,20-21,27,34-35H,18-19,22-26H2,1-3H3. The molecule has 42 heavy (non-hydrogen) atoms. The van der Waals surface area contributed by atoms with Crippen LogP contribution in [0.5, 0.6) is 11.5 Å². The van der Waals surface area contributed by atoms with Gasteiger partial charge in [-0.2, -0.15) is 0 Å². The Morgan fingerprint density at radius 1 is 0.714 bits per heavy atom. The van der Waals surface area contributed by atoms with Gasteiger partial charge >= 0.3 is 0 Å². The van der Waals surface area contributed by atoms with Crippen molar-refractivity contribution in [1.82, 2.24) is 0 Å². The minimum atomic E-state index is 0.114. The van der Waals surface area contributed by atoms with Gasteiger partial charge in [-0.05, 0) is 96.0 Å². The first kappa shape index (κ1) is 26.9. The van der Waals surface area contributed by atoms with E-state index in [1.165, 1.54) is 46.5 Å². The Morgan fingerprint density at radius 3 is 1.88 bits per heavy atom. The summed E-state index contributed by atoms with van der Waals surface area (Å²) in [6.07, 6.45) is 3.61. The molecule has 1 fully saturated rings. The van der Waals surface area contributed by atoms with Crippen molar-refractivity contribution >= 4 is 11.4 Å². The fourth-order valence-corrected chi connectivity index (χ4v) is 7.57. The zero-order valence-electron chi connectivity index (χ0n) is 25.1. The van der Waals surface area contributed by atoms with Crippen LogP contribution >= 0.6 is 0 Å². The van der Waals surface area contributed by atoms with Gasteiger partial charge in [0, 0.05) is 35.6 Å². The summed E-state index contributed by atoms with van der Waals surface area (Å²) in [5, 5.41) is 0. The second kappa shape index (κ2) is 11.1. The maximum Gasteiger partial charge on any atom is 0.161 e. The number of benzene rings is 4. The first-order valence-corrected chi connectivity index (χ1v) is 15.6. The second-order valence-corrected chi connectivity index (χ2v) is 13.1. The molecule has 216 valence electrons. The third-order valence-electron chi connectivity index (χ3n) is 10.1. The SMILES string of the molecule is CC(C)C1CCC(C)(c2ccc3c(c2)CN(c2ccccc2)CO3)CC1c1ccc2c(c1)CN(c1ccccc1)CO2. The molecule has 4 nitrogen and oxygen atoms in total. The third-order valence-corrected chi connectivity index (χ3v) is 10.1. The number of fused-ring (bicyclic) bond motifs is 2. The van der Waals surface area contributed by atoms with E-state index in [9.17, 15) is 0 Å². The molecular formula is C38H42N2O2. The summed E-state index contributed by atoms with van der Waals surface area (Å²) in [5.74, 6) is 3.88. The number of rotatable bonds is 5. The molecule has 4 heteroatoms. The number of anilines is 2. The Hall–Kier alpha value is -3.92. The smallest absolute Gasteiger partial charge is 0.161 e. The summed E-state index contributed by atoms with van der Waals surface area (Å²) in [4.78, 5) is 4.64. The lowest BCUT2D eigenvalue weighted by atomic mass is 9.59. The minimum Gasteiger partial charge on any atom is -0.473 e. The van der Waals surface area contributed by atoms with Crippen LogP contribution in [0, 0.1) is 11.8 Å². The molecule has 3 atom stereocenters. The van der Waals surface area contributed by atoms with E-state index in [1.807, 2.05) is 0 Å². The maximum atomic E-state index is 6.22. The van der Waals surface area contributed by atoms with E-state index >= 15 is 0 Å². The molecule has 1 saturated carbocycles. The normalized spacial score (nSPS) is 23.5. The molecule has 0 amide bonds. The van der Waals surface area contributed by atoms with E-state index in [2.05, 4.69) is 128 Å². The third kappa shape index (κ3) is 5.12. The topological polar surface area (TPSA) is 24.9 Å². The van der Waals surface area contributed by atoms with Crippen LogP contribution in [-0.4, -0.2) is 13.5 Å². The fourth-order valence-electron chi connectivity index (χ4n) is 7.57. The lowest BCUT2D eigenvalue weighted by molar-refractivity contribution is 0.170. The Kier molecular flexibility index (Phi) is 7.09. The van der Waals surface area contributed by atoms with E-state index in [0.29, 0.717) is 31.2 Å². The Balaban J connectivity index is 1.16. The second-order valence-electron chi connectivity index (χ2n) is 13.1. The summed E-state index contributed by atoms with van der Waals surface area (Å²) in [6.45, 7) is 10.3. The van der Waals surface area contributed by atoms with Gasteiger partial charge in [-0.1, -0.05) is 75.4 Å². The molecule has 4 aromatic carbocycles. The van der Waals surface area contributed by atoms with Crippen LogP contribution < -0.4 is 19.3 Å². The Bertz CT molecular complexity index is 1540. The zero-order chi connectivity index (χ0) is 28.7. The first-order chi connectivity index (χ1) is 20.5. The van der Waals surface area contributed by atoms with Gasteiger partial charge in [-0.25, -0.2) is 0 Å². The summed E-state index contributed by atoms with van der Waals surface area (Å²) < 4.78 is 12.4. The van der Waals surface area contributed by atoms with Gasteiger partial charge in [0.1, 0.15) is 11.5 Å². The Labute approximate surface area is 250 Å². The molecule has 4 aromatic rings. The average molecular weight is 559 g/mol. The lowest BCUT2D eigenvalue weighted by Crippen LogP contribution is -2.37. The number of ether oxygens (including phenoxy) is 2. The number of nitrogens with zero attached hydrogens (tertiary/aromatic N) is 2. The van der Waals surface area contributed by atoms with Crippen LogP contribution in [0.4, 0.5) is 11.4 Å². The van der Waals surface area contributed by atoms with Crippen LogP contribution in [0.15, 0.2) is 97.1 Å². The molecule has 2 heterocycles. The van der Waals surface area contributed by atoms with Gasteiger partial charge < -0.3 is 19.3 Å². The molecule has 0 radical (unpaired) electrons. The molecule has 1 aliphatic carbocycles. The van der Waals surface area contributed by atoms with Crippen molar-refractivity contribution in [3.8, 4) is 11.5 Å². The predicted molar refractivity (Wildman–Crippen MR) is 171 cm³/mol. The highest BCUT2D eigenvalue weighted by Crippen LogP contribution is 2.52. The molecule has 3 unspecified atom stereocenters. The highest BCUT2D eigenvalue weighted by molar-refractivity contribution is 5.52. The van der Waals surface area contributed by atoms with Gasteiger partial charge in [0.2, 0.25) is 0 Å². The predicted octanol–water partition coefficient (Wildman–Crippen LogP) is 8.90. The van der Waals surface area contributed by atoms with Crippen LogP contribution in [-0.2, 0) is 18.5 Å². The highest BCUT2D eigenvalue weighted by atomic mass is 16.5. The summed E-state index contributed by atoms with van der Waals surface area (Å²) in [7, 11) is 0. The van der Waals surface area contributed by atoms with Crippen molar-refractivity contribution in [2.75, 3.05) is 23.3 Å². The molecule has 0 bridgehead atoms. The summed E-state index contributed by atoms with van der Waals surface area (Å²) in [6, 6.07) is 35.2. The van der Waals surface area contributed by atoms with Crippen LogP contribution in [0.3, 0.4) is 0 Å². The Morgan fingerprint density at radius 2 is 1.29 bits per heavy atom. The molecule has 7 rings (SSSR count). The van der Waals surface area contributed by atoms with Crippen LogP contribution in [0.1, 0.15) is 68.2 Å². The largest absolute Gasteiger partial charge is 0.473 e. The van der Waals surface area contributed by atoms with Crippen molar-refractivity contribution in [1.29, 1.82) is 0 Å². The van der Waals surface area contributed by atoms with Gasteiger partial charge in [-0.15, -0.1) is 0 Å². The van der Waals surface area contributed by atoms with Crippen molar-refractivity contribution < 1.29 is 9.47 Å². The summed E-state index contributed by atoms with van der Waals surface area (Å²) >= 11 is 0. The van der Waals surface area contributed by atoms with Gasteiger partial charge in [0.15, 0.2) is 13.5 Å². The number of hydrogen-bond donors (Lipinski definition) is 0. The molecular weight excluding hydrogens is 516 g/mol. The summed E-state index contributed by atoms with van der Waals surface area (Å²) in [5.41, 5.74) is 8.03. The quantitative estimate of drug-likeness (QED) is 0.244. The molecule has 0 N–H and O–H groups in total. The monoisotopic (exact) mass is 558 g/mol. The van der Waals surface area contributed by atoms with Crippen LogP contribution in [0.25, 0.3) is 0 Å². The van der Waals surface area contributed by atoms with Crippen molar-refractivity contribution in [2.24, 2.45) is 11.8 Å². The molecule has 0 aromatic heterocycles. The number of para-hydroxylation sites is 2. The average Bonchev–Trinajstić information content (AvgIpc) is 3.04. The van der Waals surface area contributed by atoms with E-state index in [-0.39, 0.29) is 5.41 Å². The zero-order valence-corrected chi connectivity index (χ0v) is 25.1. The van der Waals surface area contributed by atoms with Crippen molar-refractivity contribution in [3.63, 3.8) is 0 Å². The van der Waals surface area contributed by atoms with E-state index in [4.69, 9.17) is 9.47 Å². The van der Waals surface area contributed by atoms with Crippen LogP contribution in [0.2, 0.25) is 0 Å². The van der Waals surface area contributed by atoms with E-state index in [1.54, 1.807) is 0 Å². The molecule has 3 aliphatic rings. The van der Waals surface area contributed by atoms with E-state index < -0.39 is 0 Å². The van der Waals surface area contributed by atoms with Crippen molar-refractivity contribution in [3.05, 3.63) is 119 Å². The van der Waals surface area contributed by atoms with Gasteiger partial charge in [0.25, 0.3) is 0 Å². The molecule has 2 aliphatic heterocycles. The number of hydrogen-bond acceptors (Lipinski definition) is 4. The fraction of sp³-hybridized carbons (Fsp3) is 0.368. The highest BCUT2D eigenvalue weighted by Gasteiger charge is 2.41. The molecule has 0 saturated heterocycles. The maximum absolute atomic E-state index is 6.22. The van der Waals surface area contributed by atoms with Crippen molar-refractivity contribution in [2.45, 2.75) is 64.5 Å². The minimum absolute atomic E-state index is 0.114. The van der Waals surface area contributed by atoms with E-state index in [0.717, 1.165) is 31.0 Å². The van der Waals surface area contributed by atoms with Gasteiger partial charge in [0.05, 0.1) is 0 Å². The first-order valence-electron chi connectivity index (χ1n) is 15.6. The van der Waals surface area contributed by atoms with Gasteiger partial charge in [-0.3, -0.25) is 0 Å².